The zero-order chi connectivity index (χ0) is 9.19. The topological polar surface area (TPSA) is 20.2 Å². The van der Waals surface area contributed by atoms with Gasteiger partial charge in [-0.3, -0.25) is 0 Å². The van der Waals surface area contributed by atoms with E-state index in [1.165, 1.54) is 18.4 Å². The van der Waals surface area contributed by atoms with E-state index in [4.69, 9.17) is 0 Å². The summed E-state index contributed by atoms with van der Waals surface area (Å²) < 4.78 is 0. The van der Waals surface area contributed by atoms with Crippen molar-refractivity contribution in [3.05, 3.63) is 11.6 Å². The maximum Gasteiger partial charge on any atom is 0.0596 e. The van der Waals surface area contributed by atoms with Crippen molar-refractivity contribution in [2.45, 2.75) is 52.6 Å². The lowest BCUT2D eigenvalue weighted by atomic mass is 9.92. The lowest BCUT2D eigenvalue weighted by Crippen LogP contribution is -2.20. The SMILES string of the molecule is CC[C@@H](O)C1(CC=C(C)C)CC1. The molecule has 0 aromatic rings. The van der Waals surface area contributed by atoms with E-state index >= 15 is 0 Å². The van der Waals surface area contributed by atoms with Crippen molar-refractivity contribution in [3.63, 3.8) is 0 Å². The van der Waals surface area contributed by atoms with Crippen LogP contribution in [0.4, 0.5) is 0 Å². The molecule has 0 amide bonds. The molecule has 0 aromatic carbocycles. The average Bonchev–Trinajstić information content (AvgIpc) is 2.80. The molecule has 1 atom stereocenters. The smallest absolute Gasteiger partial charge is 0.0596 e. The van der Waals surface area contributed by atoms with Gasteiger partial charge in [0.2, 0.25) is 0 Å². The van der Waals surface area contributed by atoms with E-state index < -0.39 is 0 Å². The van der Waals surface area contributed by atoms with E-state index in [2.05, 4.69) is 26.8 Å². The Hall–Kier alpha value is -0.300. The van der Waals surface area contributed by atoms with Crippen LogP contribution in [0.25, 0.3) is 0 Å². The molecule has 0 spiro atoms. The molecule has 1 heteroatoms. The van der Waals surface area contributed by atoms with Gasteiger partial charge in [0.05, 0.1) is 6.10 Å². The quantitative estimate of drug-likeness (QED) is 0.640. The zero-order valence-corrected chi connectivity index (χ0v) is 8.43. The summed E-state index contributed by atoms with van der Waals surface area (Å²) in [7, 11) is 0. The Balaban J connectivity index is 2.45. The Labute approximate surface area is 75.5 Å². The van der Waals surface area contributed by atoms with Crippen molar-refractivity contribution in [2.24, 2.45) is 5.41 Å². The molecule has 0 saturated heterocycles. The fourth-order valence-corrected chi connectivity index (χ4v) is 1.67. The van der Waals surface area contributed by atoms with Crippen LogP contribution in [0.5, 0.6) is 0 Å². The molecule has 1 aliphatic carbocycles. The van der Waals surface area contributed by atoms with Crippen molar-refractivity contribution in [1.29, 1.82) is 0 Å². The zero-order valence-electron chi connectivity index (χ0n) is 8.43. The minimum Gasteiger partial charge on any atom is -0.393 e. The Morgan fingerprint density at radius 3 is 2.42 bits per heavy atom. The third-order valence-electron chi connectivity index (χ3n) is 2.90. The summed E-state index contributed by atoms with van der Waals surface area (Å²) in [6, 6.07) is 0. The highest BCUT2D eigenvalue weighted by atomic mass is 16.3. The monoisotopic (exact) mass is 168 g/mol. The van der Waals surface area contributed by atoms with Gasteiger partial charge in [-0.2, -0.15) is 0 Å². The fourth-order valence-electron chi connectivity index (χ4n) is 1.67. The number of hydrogen-bond acceptors (Lipinski definition) is 1. The molecule has 0 aromatic heterocycles. The minimum absolute atomic E-state index is 0.0758. The molecule has 1 rings (SSSR count). The van der Waals surface area contributed by atoms with Crippen molar-refractivity contribution in [1.82, 2.24) is 0 Å². The summed E-state index contributed by atoms with van der Waals surface area (Å²) in [6.07, 6.45) is 6.58. The van der Waals surface area contributed by atoms with Gasteiger partial charge in [0.1, 0.15) is 0 Å². The fraction of sp³-hybridized carbons (Fsp3) is 0.818. The number of rotatable bonds is 4. The standard InChI is InChI=1S/C11H20O/c1-4-10(12)11(7-8-11)6-5-9(2)3/h5,10,12H,4,6-8H2,1-3H3/t10-/m1/s1. The first-order valence-corrected chi connectivity index (χ1v) is 4.92. The van der Waals surface area contributed by atoms with Crippen LogP contribution >= 0.6 is 0 Å². The summed E-state index contributed by atoms with van der Waals surface area (Å²) in [5, 5.41) is 9.73. The van der Waals surface area contributed by atoms with Gasteiger partial charge in [-0.1, -0.05) is 18.6 Å². The molecule has 0 unspecified atom stereocenters. The first-order chi connectivity index (χ1) is 5.60. The van der Waals surface area contributed by atoms with Gasteiger partial charge in [-0.25, -0.2) is 0 Å². The van der Waals surface area contributed by atoms with Crippen molar-refractivity contribution in [2.75, 3.05) is 0 Å². The van der Waals surface area contributed by atoms with Crippen molar-refractivity contribution >= 4 is 0 Å². The number of hydrogen-bond donors (Lipinski definition) is 1. The third-order valence-corrected chi connectivity index (χ3v) is 2.90. The van der Waals surface area contributed by atoms with E-state index in [0.717, 1.165) is 12.8 Å². The molecule has 1 nitrogen and oxygen atoms in total. The Morgan fingerprint density at radius 2 is 2.08 bits per heavy atom. The van der Waals surface area contributed by atoms with Crippen LogP contribution in [0.2, 0.25) is 0 Å². The van der Waals surface area contributed by atoms with Gasteiger partial charge in [0.25, 0.3) is 0 Å². The van der Waals surface area contributed by atoms with Gasteiger partial charge < -0.3 is 5.11 Å². The summed E-state index contributed by atoms with van der Waals surface area (Å²) in [4.78, 5) is 0. The van der Waals surface area contributed by atoms with Crippen LogP contribution in [0, 0.1) is 5.41 Å². The third kappa shape index (κ3) is 2.10. The molecule has 1 saturated carbocycles. The largest absolute Gasteiger partial charge is 0.393 e. The molecule has 12 heavy (non-hydrogen) atoms. The highest BCUT2D eigenvalue weighted by Crippen LogP contribution is 2.52. The molecule has 70 valence electrons. The predicted octanol–water partition coefficient (Wildman–Crippen LogP) is 2.89. The minimum atomic E-state index is -0.0758. The van der Waals surface area contributed by atoms with Gasteiger partial charge in [-0.15, -0.1) is 0 Å². The van der Waals surface area contributed by atoms with Gasteiger partial charge in [0, 0.05) is 0 Å². The van der Waals surface area contributed by atoms with E-state index in [0.29, 0.717) is 0 Å². The van der Waals surface area contributed by atoms with E-state index in [9.17, 15) is 5.11 Å². The normalized spacial score (nSPS) is 21.7. The number of aliphatic hydroxyl groups is 1. The maximum absolute atomic E-state index is 9.73. The first kappa shape index (κ1) is 9.79. The van der Waals surface area contributed by atoms with E-state index in [1.54, 1.807) is 0 Å². The summed E-state index contributed by atoms with van der Waals surface area (Å²) >= 11 is 0. The lowest BCUT2D eigenvalue weighted by molar-refractivity contribution is 0.0902. The Morgan fingerprint density at radius 1 is 1.50 bits per heavy atom. The van der Waals surface area contributed by atoms with Gasteiger partial charge in [-0.05, 0) is 44.9 Å². The van der Waals surface area contributed by atoms with Crippen LogP contribution in [0.3, 0.4) is 0 Å². The second kappa shape index (κ2) is 3.61. The van der Waals surface area contributed by atoms with E-state index in [1.807, 2.05) is 0 Å². The van der Waals surface area contributed by atoms with Crippen molar-refractivity contribution < 1.29 is 5.11 Å². The predicted molar refractivity (Wildman–Crippen MR) is 52.0 cm³/mol. The highest BCUT2D eigenvalue weighted by molar-refractivity contribution is 5.06. The van der Waals surface area contributed by atoms with Gasteiger partial charge in [0.15, 0.2) is 0 Å². The van der Waals surface area contributed by atoms with Gasteiger partial charge >= 0.3 is 0 Å². The second-order valence-corrected chi connectivity index (χ2v) is 4.27. The molecule has 1 aliphatic rings. The summed E-state index contributed by atoms with van der Waals surface area (Å²) in [6.45, 7) is 6.30. The molecule has 1 N–H and O–H groups in total. The molecular weight excluding hydrogens is 148 g/mol. The van der Waals surface area contributed by atoms with Crippen LogP contribution in [-0.2, 0) is 0 Å². The molecule has 0 radical (unpaired) electrons. The lowest BCUT2D eigenvalue weighted by Gasteiger charge is -2.19. The summed E-state index contributed by atoms with van der Waals surface area (Å²) in [5.74, 6) is 0. The second-order valence-electron chi connectivity index (χ2n) is 4.27. The number of aliphatic hydroxyl groups excluding tert-OH is 1. The van der Waals surface area contributed by atoms with Crippen LogP contribution in [-0.4, -0.2) is 11.2 Å². The Bertz CT molecular complexity index is 173. The first-order valence-electron chi connectivity index (χ1n) is 4.92. The molecule has 0 heterocycles. The van der Waals surface area contributed by atoms with Crippen molar-refractivity contribution in [3.8, 4) is 0 Å². The molecule has 0 aliphatic heterocycles. The number of allylic oxidation sites excluding steroid dienone is 2. The molecular formula is C11H20O. The van der Waals surface area contributed by atoms with Crippen LogP contribution in [0.15, 0.2) is 11.6 Å². The highest BCUT2D eigenvalue weighted by Gasteiger charge is 2.46. The molecule has 1 fully saturated rings. The molecule has 0 bridgehead atoms. The summed E-state index contributed by atoms with van der Waals surface area (Å²) in [5.41, 5.74) is 1.64. The van der Waals surface area contributed by atoms with Crippen LogP contribution in [0.1, 0.15) is 46.5 Å². The Kier molecular flexibility index (Phi) is 2.94. The average molecular weight is 168 g/mol. The van der Waals surface area contributed by atoms with Crippen LogP contribution < -0.4 is 0 Å². The maximum atomic E-state index is 9.73. The van der Waals surface area contributed by atoms with E-state index in [-0.39, 0.29) is 11.5 Å².